The molecular weight excluding hydrogens is 467 g/mol. The van der Waals surface area contributed by atoms with Gasteiger partial charge in [-0.1, -0.05) is 0 Å². The topological polar surface area (TPSA) is 116 Å². The number of hydrogen-bond acceptors (Lipinski definition) is 8. The van der Waals surface area contributed by atoms with Crippen molar-refractivity contribution in [3.8, 4) is 0 Å². The van der Waals surface area contributed by atoms with Gasteiger partial charge >= 0.3 is 12.3 Å². The summed E-state index contributed by atoms with van der Waals surface area (Å²) in [5.74, 6) is 1.00. The number of aromatic nitrogens is 5. The highest BCUT2D eigenvalue weighted by molar-refractivity contribution is 5.71. The Hall–Kier alpha value is -3.48. The van der Waals surface area contributed by atoms with Gasteiger partial charge in [0, 0.05) is 37.9 Å². The van der Waals surface area contributed by atoms with Crippen LogP contribution in [0.3, 0.4) is 0 Å². The van der Waals surface area contributed by atoms with Crippen molar-refractivity contribution >= 4 is 23.4 Å². The molecule has 1 aliphatic carbocycles. The van der Waals surface area contributed by atoms with Crippen molar-refractivity contribution in [2.24, 2.45) is 0 Å². The first-order chi connectivity index (χ1) is 16.7. The zero-order valence-corrected chi connectivity index (χ0v) is 19.2. The van der Waals surface area contributed by atoms with Gasteiger partial charge in [0.1, 0.15) is 11.6 Å². The third-order valence-electron chi connectivity index (χ3n) is 5.67. The summed E-state index contributed by atoms with van der Waals surface area (Å²) in [5, 5.41) is 9.74. The number of ether oxygens (including phenoxy) is 2. The van der Waals surface area contributed by atoms with Gasteiger partial charge in [0.05, 0.1) is 18.7 Å². The molecule has 1 saturated carbocycles. The maximum atomic E-state index is 12.4. The predicted molar refractivity (Wildman–Crippen MR) is 119 cm³/mol. The van der Waals surface area contributed by atoms with Crippen LogP contribution in [0, 0.1) is 0 Å². The summed E-state index contributed by atoms with van der Waals surface area (Å²) in [5.41, 5.74) is 2.41. The molecule has 3 heterocycles. The number of nitrogens with zero attached hydrogens (tertiary/aromatic N) is 5. The van der Waals surface area contributed by atoms with E-state index in [2.05, 4.69) is 30.7 Å². The number of carbonyl (C=O) groups is 1. The number of alkyl carbamates (subject to hydrolysis) is 1. The van der Waals surface area contributed by atoms with Crippen molar-refractivity contribution in [3.63, 3.8) is 0 Å². The van der Waals surface area contributed by atoms with Gasteiger partial charge in [-0.15, -0.1) is 0 Å². The van der Waals surface area contributed by atoms with Crippen LogP contribution in [-0.4, -0.2) is 56.1 Å². The second-order valence-corrected chi connectivity index (χ2v) is 8.54. The quantitative estimate of drug-likeness (QED) is 0.482. The number of halogens is 3. The van der Waals surface area contributed by atoms with Crippen LogP contribution >= 0.6 is 0 Å². The summed E-state index contributed by atoms with van der Waals surface area (Å²) in [6, 6.07) is 0.814. The molecule has 3 atom stereocenters. The Bertz CT molecular complexity index is 1150. The van der Waals surface area contributed by atoms with Gasteiger partial charge in [0.25, 0.3) is 0 Å². The van der Waals surface area contributed by atoms with E-state index in [1.165, 1.54) is 6.92 Å². The van der Waals surface area contributed by atoms with Gasteiger partial charge < -0.3 is 20.1 Å². The van der Waals surface area contributed by atoms with E-state index >= 15 is 0 Å². The monoisotopic (exact) mass is 493 g/mol. The predicted octanol–water partition coefficient (Wildman–Crippen LogP) is 4.11. The van der Waals surface area contributed by atoms with Crippen LogP contribution in [0.1, 0.15) is 49.8 Å². The molecule has 13 heteroatoms. The molecule has 0 radical (unpaired) electrons. The third kappa shape index (κ3) is 6.56. The Morgan fingerprint density at radius 2 is 2.03 bits per heavy atom. The van der Waals surface area contributed by atoms with Crippen LogP contribution in [0.15, 0.2) is 30.9 Å². The number of anilines is 2. The fraction of sp³-hybridized carbons (Fsp3) is 0.500. The minimum atomic E-state index is -4.35. The number of fused-ring (bicyclic) bond motifs is 1. The first-order valence-corrected chi connectivity index (χ1v) is 11.1. The van der Waals surface area contributed by atoms with Gasteiger partial charge in [0.15, 0.2) is 5.82 Å². The van der Waals surface area contributed by atoms with Gasteiger partial charge in [-0.25, -0.2) is 24.3 Å². The minimum absolute atomic E-state index is 0.0856. The smallest absolute Gasteiger partial charge is 0.407 e. The lowest BCUT2D eigenvalue weighted by Gasteiger charge is -2.18. The van der Waals surface area contributed by atoms with Crippen LogP contribution < -0.4 is 10.6 Å². The summed E-state index contributed by atoms with van der Waals surface area (Å²) in [6.07, 6.45) is 2.03. The first-order valence-electron chi connectivity index (χ1n) is 11.1. The van der Waals surface area contributed by atoms with E-state index in [1.807, 2.05) is 6.07 Å². The van der Waals surface area contributed by atoms with E-state index in [4.69, 9.17) is 9.47 Å². The Balaban J connectivity index is 1.32. The molecule has 0 aliphatic heterocycles. The average molecular weight is 493 g/mol. The van der Waals surface area contributed by atoms with Crippen molar-refractivity contribution in [1.82, 2.24) is 29.9 Å². The maximum Gasteiger partial charge on any atom is 0.407 e. The molecule has 3 aromatic rings. The normalized spacial score (nSPS) is 19.0. The molecule has 0 spiro atoms. The molecule has 4 rings (SSSR count). The highest BCUT2D eigenvalue weighted by Gasteiger charge is 2.32. The largest absolute Gasteiger partial charge is 0.446 e. The van der Waals surface area contributed by atoms with Crippen LogP contribution in [0.4, 0.5) is 29.7 Å². The van der Waals surface area contributed by atoms with Gasteiger partial charge in [0.2, 0.25) is 5.95 Å². The number of nitrogens with one attached hydrogen (secondary N) is 2. The Labute approximate surface area is 199 Å². The molecule has 1 amide bonds. The molecule has 10 nitrogen and oxygen atoms in total. The lowest BCUT2D eigenvalue weighted by molar-refractivity contribution is -0.138. The number of carbonyl (C=O) groups excluding carboxylic acids is 1. The highest BCUT2D eigenvalue weighted by atomic mass is 19.4. The lowest BCUT2D eigenvalue weighted by Crippen LogP contribution is -2.37. The van der Waals surface area contributed by atoms with E-state index in [-0.39, 0.29) is 12.0 Å². The van der Waals surface area contributed by atoms with E-state index < -0.39 is 24.7 Å². The second kappa shape index (κ2) is 10.4. The molecule has 1 fully saturated rings. The fourth-order valence-electron chi connectivity index (χ4n) is 4.14. The van der Waals surface area contributed by atoms with E-state index in [9.17, 15) is 18.0 Å². The average Bonchev–Trinajstić information content (AvgIpc) is 3.40. The summed E-state index contributed by atoms with van der Waals surface area (Å²) in [7, 11) is 1.60. The van der Waals surface area contributed by atoms with Crippen LogP contribution in [0.2, 0.25) is 0 Å². The molecule has 0 bridgehead atoms. The number of alkyl halides is 3. The third-order valence-corrected chi connectivity index (χ3v) is 5.67. The summed E-state index contributed by atoms with van der Waals surface area (Å²) in [4.78, 5) is 25.0. The van der Waals surface area contributed by atoms with Gasteiger partial charge in [-0.2, -0.15) is 18.3 Å². The second-order valence-electron chi connectivity index (χ2n) is 8.54. The van der Waals surface area contributed by atoms with E-state index in [0.29, 0.717) is 31.2 Å². The Kier molecular flexibility index (Phi) is 7.34. The van der Waals surface area contributed by atoms with Crippen LogP contribution in [0.5, 0.6) is 0 Å². The molecular formula is C22H26F3N7O3. The fourth-order valence-corrected chi connectivity index (χ4v) is 4.14. The molecule has 0 aromatic carbocycles. The number of hydrogen-bond donors (Lipinski definition) is 2. The Morgan fingerprint density at radius 1 is 1.26 bits per heavy atom. The van der Waals surface area contributed by atoms with E-state index in [1.54, 1.807) is 36.4 Å². The summed E-state index contributed by atoms with van der Waals surface area (Å²) >= 11 is 0. The van der Waals surface area contributed by atoms with Crippen LogP contribution in [0.25, 0.3) is 5.52 Å². The number of methoxy groups -OCH3 is 1. The van der Waals surface area contributed by atoms with Crippen molar-refractivity contribution in [3.05, 3.63) is 42.1 Å². The molecule has 0 saturated heterocycles. The van der Waals surface area contributed by atoms with Gasteiger partial charge in [-0.05, 0) is 43.7 Å². The van der Waals surface area contributed by atoms with Crippen LogP contribution in [-0.2, 0) is 16.1 Å². The summed E-state index contributed by atoms with van der Waals surface area (Å²) in [6.45, 7) is 1.67. The standard InChI is InChI=1S/C22H26F3N7O3/c1-13(9-22(23,24)25)29-21(33)35-17-4-3-14(7-17)15-10-27-20(28-11-15)30-19-18-8-16(12-34-2)31-32(18)6-5-26-19/h5-6,8,10-11,13-14,17H,3-4,7,9,12H2,1-2H3,(H,29,33)(H,26,27,28,30)/t13-,14+,17-/m0/s1. The van der Waals surface area contributed by atoms with Crippen molar-refractivity contribution in [2.75, 3.05) is 12.4 Å². The van der Waals surface area contributed by atoms with Crippen molar-refractivity contribution in [1.29, 1.82) is 0 Å². The highest BCUT2D eigenvalue weighted by Crippen LogP contribution is 2.35. The van der Waals surface area contributed by atoms with Crippen molar-refractivity contribution in [2.45, 2.75) is 63.5 Å². The summed E-state index contributed by atoms with van der Waals surface area (Å²) < 4.78 is 49.4. The van der Waals surface area contributed by atoms with E-state index in [0.717, 1.165) is 23.2 Å². The minimum Gasteiger partial charge on any atom is -0.446 e. The molecule has 0 unspecified atom stereocenters. The van der Waals surface area contributed by atoms with Gasteiger partial charge in [-0.3, -0.25) is 0 Å². The number of rotatable bonds is 8. The molecule has 35 heavy (non-hydrogen) atoms. The SMILES string of the molecule is COCc1cc2c(Nc3ncc([C@@H]4CC[C@H](OC(=O)N[C@@H](C)CC(F)(F)F)C4)cn3)nccn2n1. The van der Waals surface area contributed by atoms with Crippen molar-refractivity contribution < 1.29 is 27.4 Å². The first kappa shape index (κ1) is 24.6. The maximum absolute atomic E-state index is 12.4. The zero-order valence-electron chi connectivity index (χ0n) is 19.2. The molecule has 2 N–H and O–H groups in total. The number of amides is 1. The molecule has 3 aromatic heterocycles. The Morgan fingerprint density at radius 3 is 2.74 bits per heavy atom. The molecule has 188 valence electrons. The lowest BCUT2D eigenvalue weighted by atomic mass is 10.0. The zero-order chi connectivity index (χ0) is 25.0. The molecule has 1 aliphatic rings.